The molecule has 2 heterocycles. The summed E-state index contributed by atoms with van der Waals surface area (Å²) in [5, 5.41) is 3.21. The van der Waals surface area contributed by atoms with Gasteiger partial charge in [0.15, 0.2) is 5.78 Å². The molecule has 0 saturated carbocycles. The molecule has 80 valence electrons. The lowest BCUT2D eigenvalue weighted by atomic mass is 9.82. The molecule has 0 aromatic heterocycles. The second kappa shape index (κ2) is 3.31. The fourth-order valence-corrected chi connectivity index (χ4v) is 3.78. The van der Waals surface area contributed by atoms with Crippen molar-refractivity contribution >= 4 is 15.6 Å². The molecule has 2 saturated heterocycles. The summed E-state index contributed by atoms with van der Waals surface area (Å²) in [6, 6.07) is 0. The van der Waals surface area contributed by atoms with Crippen molar-refractivity contribution in [3.63, 3.8) is 0 Å². The summed E-state index contributed by atoms with van der Waals surface area (Å²) >= 11 is 0. The van der Waals surface area contributed by atoms with Gasteiger partial charge in [-0.1, -0.05) is 0 Å². The normalized spacial score (nSPS) is 30.4. The van der Waals surface area contributed by atoms with E-state index in [1.165, 1.54) is 0 Å². The molecule has 5 heteroatoms. The molecule has 0 unspecified atom stereocenters. The first-order valence-electron chi connectivity index (χ1n) is 5.03. The predicted molar refractivity (Wildman–Crippen MR) is 52.9 cm³/mol. The Labute approximate surface area is 84.0 Å². The quantitative estimate of drug-likeness (QED) is 0.615. The van der Waals surface area contributed by atoms with Crippen LogP contribution < -0.4 is 5.32 Å². The third-order valence-corrected chi connectivity index (χ3v) is 4.91. The fraction of sp³-hybridized carbons (Fsp3) is 0.889. The molecule has 0 radical (unpaired) electrons. The molecule has 2 rings (SSSR count). The van der Waals surface area contributed by atoms with Crippen LogP contribution in [0.4, 0.5) is 0 Å². The molecule has 14 heavy (non-hydrogen) atoms. The summed E-state index contributed by atoms with van der Waals surface area (Å²) in [7, 11) is -2.87. The molecule has 0 atom stereocenters. The van der Waals surface area contributed by atoms with Crippen molar-refractivity contribution in [2.45, 2.75) is 31.2 Å². The standard InChI is InChI=1S/C9H15NO3S/c11-8-2-1-5-10-9(8)3-6-14(12,13)7-4-9/h10H,1-7H2. The second-order valence-corrected chi connectivity index (χ2v) is 6.49. The minimum atomic E-state index is -2.87. The first-order valence-corrected chi connectivity index (χ1v) is 6.85. The van der Waals surface area contributed by atoms with E-state index in [9.17, 15) is 13.2 Å². The third kappa shape index (κ3) is 1.70. The Balaban J connectivity index is 2.14. The highest BCUT2D eigenvalue weighted by atomic mass is 32.2. The number of piperidine rings is 1. The maximum atomic E-state index is 11.7. The first kappa shape index (κ1) is 10.1. The maximum absolute atomic E-state index is 11.7. The van der Waals surface area contributed by atoms with Crippen molar-refractivity contribution in [2.24, 2.45) is 0 Å². The van der Waals surface area contributed by atoms with Crippen LogP contribution in [0, 0.1) is 0 Å². The molecule has 0 amide bonds. The Morgan fingerprint density at radius 1 is 1.21 bits per heavy atom. The molecule has 0 bridgehead atoms. The summed E-state index contributed by atoms with van der Waals surface area (Å²) in [6.45, 7) is 0.839. The number of ketones is 1. The molecule has 1 spiro atoms. The van der Waals surface area contributed by atoms with Gasteiger partial charge in [0.2, 0.25) is 0 Å². The Hall–Kier alpha value is -0.420. The molecule has 0 aliphatic carbocycles. The van der Waals surface area contributed by atoms with Gasteiger partial charge >= 0.3 is 0 Å². The van der Waals surface area contributed by atoms with Gasteiger partial charge < -0.3 is 5.32 Å². The minimum Gasteiger partial charge on any atom is -0.305 e. The van der Waals surface area contributed by atoms with Crippen LogP contribution in [0.5, 0.6) is 0 Å². The van der Waals surface area contributed by atoms with E-state index in [1.54, 1.807) is 0 Å². The minimum absolute atomic E-state index is 0.158. The van der Waals surface area contributed by atoms with E-state index in [2.05, 4.69) is 5.32 Å². The monoisotopic (exact) mass is 217 g/mol. The van der Waals surface area contributed by atoms with Gasteiger partial charge in [0.1, 0.15) is 9.84 Å². The van der Waals surface area contributed by atoms with E-state index in [0.717, 1.165) is 13.0 Å². The van der Waals surface area contributed by atoms with Crippen molar-refractivity contribution in [1.29, 1.82) is 0 Å². The average Bonchev–Trinajstić information content (AvgIpc) is 2.15. The van der Waals surface area contributed by atoms with E-state index in [0.29, 0.717) is 19.3 Å². The first-order chi connectivity index (χ1) is 6.54. The highest BCUT2D eigenvalue weighted by Gasteiger charge is 2.43. The van der Waals surface area contributed by atoms with Crippen molar-refractivity contribution in [3.8, 4) is 0 Å². The number of Topliss-reactive ketones (excluding diaryl/α,β-unsaturated/α-hetero) is 1. The molecular weight excluding hydrogens is 202 g/mol. The number of rotatable bonds is 0. The van der Waals surface area contributed by atoms with E-state index in [-0.39, 0.29) is 17.3 Å². The number of hydrogen-bond donors (Lipinski definition) is 1. The van der Waals surface area contributed by atoms with Gasteiger partial charge in [-0.2, -0.15) is 0 Å². The average molecular weight is 217 g/mol. The lowest BCUT2D eigenvalue weighted by molar-refractivity contribution is -0.127. The largest absolute Gasteiger partial charge is 0.305 e. The lowest BCUT2D eigenvalue weighted by Gasteiger charge is -2.39. The van der Waals surface area contributed by atoms with E-state index < -0.39 is 15.4 Å². The highest BCUT2D eigenvalue weighted by molar-refractivity contribution is 7.91. The van der Waals surface area contributed by atoms with Gasteiger partial charge in [-0.25, -0.2) is 8.42 Å². The number of carbonyl (C=O) groups is 1. The number of sulfone groups is 1. The summed E-state index contributed by atoms with van der Waals surface area (Å²) < 4.78 is 22.5. The maximum Gasteiger partial charge on any atom is 0.152 e. The number of hydrogen-bond acceptors (Lipinski definition) is 4. The molecule has 4 nitrogen and oxygen atoms in total. The van der Waals surface area contributed by atoms with Crippen LogP contribution in [0.25, 0.3) is 0 Å². The summed E-state index contributed by atoms with van der Waals surface area (Å²) in [4.78, 5) is 11.7. The van der Waals surface area contributed by atoms with Crippen LogP contribution in [0.2, 0.25) is 0 Å². The van der Waals surface area contributed by atoms with Crippen LogP contribution >= 0.6 is 0 Å². The van der Waals surface area contributed by atoms with Gasteiger partial charge in [0.25, 0.3) is 0 Å². The van der Waals surface area contributed by atoms with Crippen molar-refractivity contribution in [3.05, 3.63) is 0 Å². The van der Waals surface area contributed by atoms with E-state index in [4.69, 9.17) is 0 Å². The SMILES string of the molecule is O=C1CCCNC12CCS(=O)(=O)CC2. The van der Waals surface area contributed by atoms with Crippen LogP contribution in [0.15, 0.2) is 0 Å². The highest BCUT2D eigenvalue weighted by Crippen LogP contribution is 2.28. The zero-order valence-electron chi connectivity index (χ0n) is 8.08. The van der Waals surface area contributed by atoms with Crippen LogP contribution in [-0.2, 0) is 14.6 Å². The molecule has 1 N–H and O–H groups in total. The second-order valence-electron chi connectivity index (χ2n) is 4.19. The Bertz CT molecular complexity index is 333. The van der Waals surface area contributed by atoms with Gasteiger partial charge in [-0.15, -0.1) is 0 Å². The van der Waals surface area contributed by atoms with Crippen LogP contribution in [0.3, 0.4) is 0 Å². The smallest absolute Gasteiger partial charge is 0.152 e. The Morgan fingerprint density at radius 3 is 2.43 bits per heavy atom. The Morgan fingerprint density at radius 2 is 1.86 bits per heavy atom. The van der Waals surface area contributed by atoms with Gasteiger partial charge in [-0.05, 0) is 25.8 Å². The molecule has 0 aromatic carbocycles. The van der Waals surface area contributed by atoms with E-state index >= 15 is 0 Å². The topological polar surface area (TPSA) is 63.2 Å². The predicted octanol–water partition coefficient (Wildman–Crippen LogP) is -0.114. The van der Waals surface area contributed by atoms with Gasteiger partial charge in [-0.3, -0.25) is 4.79 Å². The zero-order valence-corrected chi connectivity index (χ0v) is 8.90. The zero-order chi connectivity index (χ0) is 10.2. The molecule has 2 aliphatic heterocycles. The summed E-state index contributed by atoms with van der Waals surface area (Å²) in [6.07, 6.45) is 2.42. The van der Waals surface area contributed by atoms with Gasteiger partial charge in [0, 0.05) is 6.42 Å². The summed E-state index contributed by atoms with van der Waals surface area (Å²) in [5.74, 6) is 0.524. The summed E-state index contributed by atoms with van der Waals surface area (Å²) in [5.41, 5.74) is -0.496. The molecule has 2 aliphatic rings. The van der Waals surface area contributed by atoms with Crippen molar-refractivity contribution in [1.82, 2.24) is 5.32 Å². The van der Waals surface area contributed by atoms with Crippen LogP contribution in [-0.4, -0.2) is 37.8 Å². The van der Waals surface area contributed by atoms with Gasteiger partial charge in [0.05, 0.1) is 17.0 Å². The number of nitrogens with one attached hydrogen (secondary N) is 1. The van der Waals surface area contributed by atoms with Crippen molar-refractivity contribution in [2.75, 3.05) is 18.1 Å². The molecular formula is C9H15NO3S. The van der Waals surface area contributed by atoms with Crippen LogP contribution in [0.1, 0.15) is 25.7 Å². The third-order valence-electron chi connectivity index (χ3n) is 3.26. The fourth-order valence-electron chi connectivity index (χ4n) is 2.26. The molecule has 2 fully saturated rings. The van der Waals surface area contributed by atoms with E-state index in [1.807, 2.05) is 0 Å². The lowest BCUT2D eigenvalue weighted by Crippen LogP contribution is -2.59. The van der Waals surface area contributed by atoms with Crippen molar-refractivity contribution < 1.29 is 13.2 Å². The molecule has 0 aromatic rings. The number of carbonyl (C=O) groups excluding carboxylic acids is 1. The Kier molecular flexibility index (Phi) is 2.39.